The minimum absolute atomic E-state index is 0.0389. The lowest BCUT2D eigenvalue weighted by Crippen LogP contribution is -2.61. The van der Waals surface area contributed by atoms with E-state index in [2.05, 4.69) is 15.5 Å². The van der Waals surface area contributed by atoms with Crippen molar-refractivity contribution < 1.29 is 19.1 Å². The van der Waals surface area contributed by atoms with Gasteiger partial charge < -0.3 is 20.1 Å². The molecule has 1 atom stereocenters. The highest BCUT2D eigenvalue weighted by atomic mass is 16.5. The summed E-state index contributed by atoms with van der Waals surface area (Å²) in [4.78, 5) is 28.5. The van der Waals surface area contributed by atoms with Gasteiger partial charge in [0.1, 0.15) is 12.6 Å². The molecule has 0 bridgehead atoms. The lowest BCUT2D eigenvalue weighted by Gasteiger charge is -2.48. The molecule has 0 aromatic heterocycles. The molecular weight excluding hydrogens is 442 g/mol. The molecule has 4 rings (SSSR count). The highest BCUT2D eigenvalue weighted by Gasteiger charge is 2.39. The summed E-state index contributed by atoms with van der Waals surface area (Å²) < 4.78 is 11.0. The first-order chi connectivity index (χ1) is 17.1. The summed E-state index contributed by atoms with van der Waals surface area (Å²) in [6.45, 7) is 4.01. The van der Waals surface area contributed by atoms with Crippen LogP contribution in [0.4, 0.5) is 4.79 Å². The number of benzene rings is 2. The first-order valence-electron chi connectivity index (χ1n) is 12.8. The van der Waals surface area contributed by atoms with Gasteiger partial charge in [-0.25, -0.2) is 4.79 Å². The number of amides is 2. The maximum Gasteiger partial charge on any atom is 0.408 e. The van der Waals surface area contributed by atoms with Crippen molar-refractivity contribution in [2.24, 2.45) is 0 Å². The molecule has 1 aliphatic carbocycles. The standard InChI is InChI=1S/C28H37N3O4/c32-26(29-22-28(14-8-3-9-15-28)31-16-18-34-19-17-31)25(20-23-10-4-1-5-11-23)30-27(33)35-21-24-12-6-2-7-13-24/h1-2,4-7,10-13,25H,3,8-9,14-22H2,(H,29,32)(H,30,33). The number of ether oxygens (including phenoxy) is 2. The van der Waals surface area contributed by atoms with Crippen molar-refractivity contribution in [1.82, 2.24) is 15.5 Å². The Balaban J connectivity index is 1.40. The Morgan fingerprint density at radius 3 is 2.20 bits per heavy atom. The van der Waals surface area contributed by atoms with E-state index in [-0.39, 0.29) is 18.1 Å². The second-order valence-electron chi connectivity index (χ2n) is 9.55. The van der Waals surface area contributed by atoms with Gasteiger partial charge in [-0.1, -0.05) is 79.9 Å². The maximum atomic E-state index is 13.4. The third kappa shape index (κ3) is 7.29. The second kappa shape index (κ2) is 12.7. The Labute approximate surface area is 208 Å². The monoisotopic (exact) mass is 479 g/mol. The lowest BCUT2D eigenvalue weighted by molar-refractivity contribution is -0.124. The molecule has 0 spiro atoms. The summed E-state index contributed by atoms with van der Waals surface area (Å²) in [6, 6.07) is 18.5. The summed E-state index contributed by atoms with van der Waals surface area (Å²) >= 11 is 0. The molecule has 1 aliphatic heterocycles. The number of hydrogen-bond acceptors (Lipinski definition) is 5. The van der Waals surface area contributed by atoms with Gasteiger partial charge in [0.2, 0.25) is 5.91 Å². The molecule has 2 fully saturated rings. The van der Waals surface area contributed by atoms with Gasteiger partial charge in [-0.15, -0.1) is 0 Å². The van der Waals surface area contributed by atoms with Crippen LogP contribution < -0.4 is 10.6 Å². The number of nitrogens with one attached hydrogen (secondary N) is 2. The number of carbonyl (C=O) groups is 2. The summed E-state index contributed by atoms with van der Waals surface area (Å²) in [5.41, 5.74) is 1.84. The lowest BCUT2D eigenvalue weighted by atomic mass is 9.79. The molecule has 188 valence electrons. The largest absolute Gasteiger partial charge is 0.445 e. The van der Waals surface area contributed by atoms with Crippen LogP contribution in [-0.2, 0) is 27.3 Å². The Bertz CT molecular complexity index is 926. The zero-order valence-corrected chi connectivity index (χ0v) is 20.4. The van der Waals surface area contributed by atoms with E-state index in [1.54, 1.807) is 0 Å². The van der Waals surface area contributed by atoms with Crippen molar-refractivity contribution in [3.63, 3.8) is 0 Å². The normalized spacial score (nSPS) is 18.9. The minimum atomic E-state index is -0.717. The third-order valence-electron chi connectivity index (χ3n) is 7.16. The van der Waals surface area contributed by atoms with Crippen LogP contribution >= 0.6 is 0 Å². The van der Waals surface area contributed by atoms with Gasteiger partial charge in [0.05, 0.1) is 13.2 Å². The number of rotatable bonds is 9. The zero-order chi connectivity index (χ0) is 24.3. The van der Waals surface area contributed by atoms with Gasteiger partial charge in [-0.3, -0.25) is 9.69 Å². The smallest absolute Gasteiger partial charge is 0.408 e. The van der Waals surface area contributed by atoms with Gasteiger partial charge in [-0.05, 0) is 24.0 Å². The number of hydrogen-bond donors (Lipinski definition) is 2. The minimum Gasteiger partial charge on any atom is -0.445 e. The molecule has 1 saturated heterocycles. The first-order valence-corrected chi connectivity index (χ1v) is 12.8. The Morgan fingerprint density at radius 2 is 1.54 bits per heavy atom. The van der Waals surface area contributed by atoms with E-state index >= 15 is 0 Å². The molecule has 35 heavy (non-hydrogen) atoms. The fraction of sp³-hybridized carbons (Fsp3) is 0.500. The molecule has 7 nitrogen and oxygen atoms in total. The molecule has 2 N–H and O–H groups in total. The van der Waals surface area contributed by atoms with Crippen LogP contribution in [0.5, 0.6) is 0 Å². The van der Waals surface area contributed by atoms with Gasteiger partial charge in [-0.2, -0.15) is 0 Å². The van der Waals surface area contributed by atoms with Crippen LogP contribution in [-0.4, -0.2) is 61.3 Å². The number of morpholine rings is 1. The van der Waals surface area contributed by atoms with Crippen molar-refractivity contribution in [3.8, 4) is 0 Å². The van der Waals surface area contributed by atoms with Crippen LogP contribution in [0.1, 0.15) is 43.2 Å². The highest BCUT2D eigenvalue weighted by Crippen LogP contribution is 2.34. The van der Waals surface area contributed by atoms with Crippen LogP contribution in [0.15, 0.2) is 60.7 Å². The summed E-state index contributed by atoms with van der Waals surface area (Å²) in [7, 11) is 0. The molecule has 0 radical (unpaired) electrons. The number of carbonyl (C=O) groups excluding carboxylic acids is 2. The molecule has 2 aliphatic rings. The van der Waals surface area contributed by atoms with Gasteiger partial charge in [0, 0.05) is 31.6 Å². The maximum absolute atomic E-state index is 13.4. The van der Waals surface area contributed by atoms with E-state index in [1.807, 2.05) is 60.7 Å². The van der Waals surface area contributed by atoms with Crippen molar-refractivity contribution in [2.75, 3.05) is 32.8 Å². The molecule has 2 aromatic rings. The van der Waals surface area contributed by atoms with E-state index in [0.29, 0.717) is 13.0 Å². The summed E-state index contributed by atoms with van der Waals surface area (Å²) in [6.07, 6.45) is 5.54. The molecular formula is C28H37N3O4. The summed E-state index contributed by atoms with van der Waals surface area (Å²) in [5, 5.41) is 6.01. The molecule has 2 aromatic carbocycles. The SMILES string of the molecule is O=C(NC(Cc1ccccc1)C(=O)NCC1(N2CCOCC2)CCCCC1)OCc1ccccc1. The highest BCUT2D eigenvalue weighted by molar-refractivity contribution is 5.86. The van der Waals surface area contributed by atoms with Crippen LogP contribution in [0.25, 0.3) is 0 Å². The zero-order valence-electron chi connectivity index (χ0n) is 20.4. The van der Waals surface area contributed by atoms with Crippen molar-refractivity contribution >= 4 is 12.0 Å². The van der Waals surface area contributed by atoms with E-state index in [1.165, 1.54) is 19.3 Å². The van der Waals surface area contributed by atoms with Crippen LogP contribution in [0, 0.1) is 0 Å². The number of alkyl carbamates (subject to hydrolysis) is 1. The van der Waals surface area contributed by atoms with Crippen LogP contribution in [0.3, 0.4) is 0 Å². The topological polar surface area (TPSA) is 79.9 Å². The average molecular weight is 480 g/mol. The fourth-order valence-corrected chi connectivity index (χ4v) is 5.19. The van der Waals surface area contributed by atoms with E-state index in [0.717, 1.165) is 50.3 Å². The Hall–Kier alpha value is -2.90. The van der Waals surface area contributed by atoms with Gasteiger partial charge >= 0.3 is 6.09 Å². The second-order valence-corrected chi connectivity index (χ2v) is 9.55. The van der Waals surface area contributed by atoms with Crippen LogP contribution in [0.2, 0.25) is 0 Å². The quantitative estimate of drug-likeness (QED) is 0.574. The first kappa shape index (κ1) is 25.2. The van der Waals surface area contributed by atoms with Gasteiger partial charge in [0.15, 0.2) is 0 Å². The molecule has 1 saturated carbocycles. The van der Waals surface area contributed by atoms with E-state index in [4.69, 9.17) is 9.47 Å². The fourth-order valence-electron chi connectivity index (χ4n) is 5.19. The molecule has 7 heteroatoms. The molecule has 1 heterocycles. The number of nitrogens with zero attached hydrogens (tertiary/aromatic N) is 1. The average Bonchev–Trinajstić information content (AvgIpc) is 2.92. The predicted molar refractivity (Wildman–Crippen MR) is 135 cm³/mol. The van der Waals surface area contributed by atoms with Gasteiger partial charge in [0.25, 0.3) is 0 Å². The van der Waals surface area contributed by atoms with E-state index in [9.17, 15) is 9.59 Å². The summed E-state index contributed by atoms with van der Waals surface area (Å²) in [5.74, 6) is -0.177. The Kier molecular flexibility index (Phi) is 9.15. The third-order valence-corrected chi connectivity index (χ3v) is 7.16. The predicted octanol–water partition coefficient (Wildman–Crippen LogP) is 3.68. The molecule has 2 amide bonds. The van der Waals surface area contributed by atoms with Crippen molar-refractivity contribution in [3.05, 3.63) is 71.8 Å². The molecule has 1 unspecified atom stereocenters. The van der Waals surface area contributed by atoms with Crippen molar-refractivity contribution in [1.29, 1.82) is 0 Å². The van der Waals surface area contributed by atoms with Crippen molar-refractivity contribution in [2.45, 2.75) is 56.7 Å². The Morgan fingerprint density at radius 1 is 0.914 bits per heavy atom. The van der Waals surface area contributed by atoms with E-state index < -0.39 is 12.1 Å².